The van der Waals surface area contributed by atoms with Gasteiger partial charge in [0.25, 0.3) is 0 Å². The Kier molecular flexibility index (Phi) is 2.52. The van der Waals surface area contributed by atoms with Crippen LogP contribution in [0.3, 0.4) is 0 Å². The molecule has 0 aromatic carbocycles. The highest BCUT2D eigenvalue weighted by atomic mass is 19.3. The van der Waals surface area contributed by atoms with E-state index < -0.39 is 12.4 Å². The van der Waals surface area contributed by atoms with Gasteiger partial charge in [-0.25, -0.2) is 4.79 Å². The molecule has 2 aliphatic rings. The molecule has 2 nitrogen and oxygen atoms in total. The summed E-state index contributed by atoms with van der Waals surface area (Å²) in [4.78, 5) is 11.0. The van der Waals surface area contributed by atoms with Crippen molar-refractivity contribution in [3.8, 4) is 0 Å². The van der Waals surface area contributed by atoms with Crippen LogP contribution in [0.2, 0.25) is 0 Å². The summed E-state index contributed by atoms with van der Waals surface area (Å²) in [6.07, 6.45) is -0.297. The first kappa shape index (κ1) is 11.8. The monoisotopic (exact) mass is 232 g/mol. The number of halogens is 2. The first-order chi connectivity index (χ1) is 7.27. The van der Waals surface area contributed by atoms with Crippen LogP contribution in [-0.4, -0.2) is 18.5 Å². The third-order valence-corrected chi connectivity index (χ3v) is 4.55. The van der Waals surface area contributed by atoms with Crippen LogP contribution >= 0.6 is 0 Å². The van der Waals surface area contributed by atoms with Crippen molar-refractivity contribution >= 4 is 5.97 Å². The Morgan fingerprint density at radius 2 is 2.00 bits per heavy atom. The van der Waals surface area contributed by atoms with Crippen LogP contribution in [0.1, 0.15) is 40.0 Å². The van der Waals surface area contributed by atoms with Crippen LogP contribution in [0.25, 0.3) is 0 Å². The van der Waals surface area contributed by atoms with E-state index in [4.69, 9.17) is 4.74 Å². The van der Waals surface area contributed by atoms with Crippen molar-refractivity contribution in [1.82, 2.24) is 0 Å². The van der Waals surface area contributed by atoms with Crippen molar-refractivity contribution < 1.29 is 18.3 Å². The summed E-state index contributed by atoms with van der Waals surface area (Å²) < 4.78 is 29.5. The lowest BCUT2D eigenvalue weighted by Gasteiger charge is -2.41. The zero-order chi connectivity index (χ0) is 12.1. The van der Waals surface area contributed by atoms with E-state index in [-0.39, 0.29) is 16.9 Å². The van der Waals surface area contributed by atoms with Crippen LogP contribution in [0.15, 0.2) is 0 Å². The smallest absolute Gasteiger partial charge is 0.374 e. The van der Waals surface area contributed by atoms with Gasteiger partial charge >= 0.3 is 12.4 Å². The third kappa shape index (κ3) is 1.54. The number of carbonyl (C=O) groups is 1. The van der Waals surface area contributed by atoms with Gasteiger partial charge in [-0.3, -0.25) is 0 Å². The molecule has 92 valence electrons. The number of hydrogen-bond acceptors (Lipinski definition) is 2. The Balaban J connectivity index is 2.17. The number of esters is 1. The predicted octanol–water partition coefficient (Wildman–Crippen LogP) is 3.01. The molecule has 2 saturated carbocycles. The second-order valence-corrected chi connectivity index (χ2v) is 6.03. The molecule has 2 bridgehead atoms. The number of ether oxygens (including phenoxy) is 1. The van der Waals surface area contributed by atoms with Gasteiger partial charge in [0.05, 0.1) is 0 Å². The van der Waals surface area contributed by atoms with Crippen molar-refractivity contribution in [1.29, 1.82) is 0 Å². The van der Waals surface area contributed by atoms with Crippen molar-refractivity contribution in [3.63, 3.8) is 0 Å². The van der Waals surface area contributed by atoms with Gasteiger partial charge in [-0.05, 0) is 25.2 Å². The highest BCUT2D eigenvalue weighted by Gasteiger charge is 2.61. The Hall–Kier alpha value is -0.670. The van der Waals surface area contributed by atoms with E-state index in [2.05, 4.69) is 0 Å². The highest BCUT2D eigenvalue weighted by Crippen LogP contribution is 2.63. The lowest BCUT2D eigenvalue weighted by atomic mass is 9.70. The molecule has 3 unspecified atom stereocenters. The summed E-state index contributed by atoms with van der Waals surface area (Å²) in [5.74, 6) is -0.875. The summed E-state index contributed by atoms with van der Waals surface area (Å²) in [6, 6.07) is 0. The standard InChI is InChI=1S/C12H18F2O2/c1-11(2)7-4-5-12(3,6-7)10(11)16-9(15)8(13)14/h7-8,10H,4-6H2,1-3H3. The molecule has 0 saturated heterocycles. The number of rotatable bonds is 2. The van der Waals surface area contributed by atoms with E-state index in [9.17, 15) is 13.6 Å². The lowest BCUT2D eigenvalue weighted by molar-refractivity contribution is -0.177. The Labute approximate surface area is 94.3 Å². The van der Waals surface area contributed by atoms with E-state index >= 15 is 0 Å². The Morgan fingerprint density at radius 3 is 2.44 bits per heavy atom. The minimum absolute atomic E-state index is 0.0985. The molecular formula is C12H18F2O2. The number of carbonyl (C=O) groups excluding carboxylic acids is 1. The molecular weight excluding hydrogens is 214 g/mol. The minimum atomic E-state index is -3.02. The van der Waals surface area contributed by atoms with E-state index in [1.54, 1.807) is 0 Å². The van der Waals surface area contributed by atoms with Crippen molar-refractivity contribution in [2.75, 3.05) is 0 Å². The van der Waals surface area contributed by atoms with Crippen LogP contribution in [-0.2, 0) is 9.53 Å². The zero-order valence-electron chi connectivity index (χ0n) is 9.93. The largest absolute Gasteiger partial charge is 0.457 e. The van der Waals surface area contributed by atoms with Gasteiger partial charge in [0, 0.05) is 10.8 Å². The minimum Gasteiger partial charge on any atom is -0.457 e. The molecule has 0 spiro atoms. The van der Waals surface area contributed by atoms with Crippen LogP contribution in [0.4, 0.5) is 8.78 Å². The van der Waals surface area contributed by atoms with Crippen molar-refractivity contribution in [2.24, 2.45) is 16.7 Å². The number of hydrogen-bond donors (Lipinski definition) is 0. The predicted molar refractivity (Wildman–Crippen MR) is 55.1 cm³/mol. The number of fused-ring (bicyclic) bond motifs is 2. The molecule has 2 aliphatic carbocycles. The fourth-order valence-electron chi connectivity index (χ4n) is 3.72. The maximum Gasteiger partial charge on any atom is 0.374 e. The van der Waals surface area contributed by atoms with Gasteiger partial charge in [0.15, 0.2) is 0 Å². The second-order valence-electron chi connectivity index (χ2n) is 6.03. The van der Waals surface area contributed by atoms with Crippen LogP contribution in [0, 0.1) is 16.7 Å². The fourth-order valence-corrected chi connectivity index (χ4v) is 3.72. The first-order valence-electron chi connectivity index (χ1n) is 5.76. The molecule has 0 heterocycles. The van der Waals surface area contributed by atoms with Crippen molar-refractivity contribution in [3.05, 3.63) is 0 Å². The normalized spacial score (nSPS) is 40.4. The molecule has 0 aromatic rings. The SMILES string of the molecule is CC12CCC(C1)C(C)(C)C2OC(=O)C(F)F. The maximum absolute atomic E-state index is 12.2. The molecule has 0 aromatic heterocycles. The molecule has 0 aliphatic heterocycles. The highest BCUT2D eigenvalue weighted by molar-refractivity contribution is 5.73. The summed E-state index contributed by atoms with van der Waals surface area (Å²) >= 11 is 0. The molecule has 16 heavy (non-hydrogen) atoms. The van der Waals surface area contributed by atoms with Gasteiger partial charge in [0.1, 0.15) is 6.10 Å². The van der Waals surface area contributed by atoms with Gasteiger partial charge in [0.2, 0.25) is 0 Å². The topological polar surface area (TPSA) is 26.3 Å². The van der Waals surface area contributed by atoms with E-state index in [1.165, 1.54) is 0 Å². The van der Waals surface area contributed by atoms with Gasteiger partial charge in [-0.1, -0.05) is 20.8 Å². The quantitative estimate of drug-likeness (QED) is 0.684. The number of alkyl halides is 2. The maximum atomic E-state index is 12.2. The summed E-state index contributed by atoms with van der Waals surface area (Å²) in [5.41, 5.74) is -0.268. The van der Waals surface area contributed by atoms with Gasteiger partial charge < -0.3 is 4.74 Å². The average Bonchev–Trinajstić information content (AvgIpc) is 2.63. The van der Waals surface area contributed by atoms with Crippen LogP contribution < -0.4 is 0 Å². The van der Waals surface area contributed by atoms with Crippen molar-refractivity contribution in [2.45, 2.75) is 52.6 Å². The molecule has 0 radical (unpaired) electrons. The summed E-state index contributed by atoms with van der Waals surface area (Å²) in [6.45, 7) is 6.09. The molecule has 0 amide bonds. The second kappa shape index (κ2) is 3.41. The lowest BCUT2D eigenvalue weighted by Crippen LogP contribution is -2.44. The van der Waals surface area contributed by atoms with Gasteiger partial charge in [-0.15, -0.1) is 0 Å². The fraction of sp³-hybridized carbons (Fsp3) is 0.917. The molecule has 3 atom stereocenters. The molecule has 0 N–H and O–H groups in total. The van der Waals surface area contributed by atoms with Crippen LogP contribution in [0.5, 0.6) is 0 Å². The zero-order valence-corrected chi connectivity index (χ0v) is 9.93. The summed E-state index contributed by atoms with van der Waals surface area (Å²) in [5, 5.41) is 0. The molecule has 2 rings (SSSR count). The first-order valence-corrected chi connectivity index (χ1v) is 5.76. The average molecular weight is 232 g/mol. The molecule has 4 heteroatoms. The van der Waals surface area contributed by atoms with E-state index in [0.717, 1.165) is 19.3 Å². The Bertz CT molecular complexity index is 309. The Morgan fingerprint density at radius 1 is 1.38 bits per heavy atom. The van der Waals surface area contributed by atoms with Gasteiger partial charge in [-0.2, -0.15) is 8.78 Å². The molecule has 2 fully saturated rings. The van der Waals surface area contributed by atoms with E-state index in [1.807, 2.05) is 20.8 Å². The van der Waals surface area contributed by atoms with E-state index in [0.29, 0.717) is 5.92 Å². The summed E-state index contributed by atoms with van der Waals surface area (Å²) in [7, 11) is 0. The third-order valence-electron chi connectivity index (χ3n) is 4.55.